The van der Waals surface area contributed by atoms with Gasteiger partial charge in [0, 0.05) is 16.6 Å². The number of nitrogens with zero attached hydrogens (tertiary/aromatic N) is 4. The molecule has 1 atom stereocenters. The van der Waals surface area contributed by atoms with Gasteiger partial charge in [0.05, 0.1) is 6.54 Å². The number of imidazole rings is 1. The SMILES string of the molecule is Cc1cc(OCc2cc(-c3ccc(OC[C@@]4(C)Cn5cc([N+](=O)[O-])nc5O4)cc3)no2)ccc1C(C)C. The van der Waals surface area contributed by atoms with Crippen LogP contribution in [0.25, 0.3) is 11.3 Å². The smallest absolute Gasteiger partial charge is 0.415 e. The second-order valence-corrected chi connectivity index (χ2v) is 9.77. The van der Waals surface area contributed by atoms with E-state index >= 15 is 0 Å². The van der Waals surface area contributed by atoms with Gasteiger partial charge in [-0.3, -0.25) is 4.57 Å². The summed E-state index contributed by atoms with van der Waals surface area (Å²) in [4.78, 5) is 14.2. The van der Waals surface area contributed by atoms with Crippen LogP contribution in [-0.2, 0) is 13.2 Å². The first kappa shape index (κ1) is 24.4. The molecule has 0 N–H and O–H groups in total. The Morgan fingerprint density at radius 3 is 2.57 bits per heavy atom. The van der Waals surface area contributed by atoms with Gasteiger partial charge in [-0.1, -0.05) is 25.1 Å². The number of ether oxygens (including phenoxy) is 3. The summed E-state index contributed by atoms with van der Waals surface area (Å²) in [7, 11) is 0. The molecule has 0 radical (unpaired) electrons. The van der Waals surface area contributed by atoms with Gasteiger partial charge in [0.1, 0.15) is 36.6 Å². The monoisotopic (exact) mass is 504 g/mol. The van der Waals surface area contributed by atoms with Crippen LogP contribution >= 0.6 is 0 Å². The van der Waals surface area contributed by atoms with E-state index < -0.39 is 10.5 Å². The molecule has 37 heavy (non-hydrogen) atoms. The van der Waals surface area contributed by atoms with Crippen LogP contribution in [0.4, 0.5) is 5.82 Å². The van der Waals surface area contributed by atoms with Gasteiger partial charge in [0.25, 0.3) is 0 Å². The van der Waals surface area contributed by atoms with Crippen molar-refractivity contribution in [3.05, 3.63) is 81.7 Å². The maximum Gasteiger partial charge on any atom is 0.415 e. The minimum atomic E-state index is -0.676. The van der Waals surface area contributed by atoms with Gasteiger partial charge in [0.15, 0.2) is 11.4 Å². The fraction of sp³-hybridized carbons (Fsp3) is 0.333. The average Bonchev–Trinajstić information content (AvgIpc) is 3.56. The Bertz CT molecular complexity index is 1400. The van der Waals surface area contributed by atoms with E-state index in [4.69, 9.17) is 18.7 Å². The highest BCUT2D eigenvalue weighted by Crippen LogP contribution is 2.32. The van der Waals surface area contributed by atoms with E-state index in [2.05, 4.69) is 37.0 Å². The summed E-state index contributed by atoms with van der Waals surface area (Å²) in [6.45, 7) is 9.27. The third kappa shape index (κ3) is 5.28. The molecule has 3 heterocycles. The minimum Gasteiger partial charge on any atom is -0.489 e. The van der Waals surface area contributed by atoms with Gasteiger partial charge >= 0.3 is 11.8 Å². The number of benzene rings is 2. The predicted molar refractivity (Wildman–Crippen MR) is 135 cm³/mol. The van der Waals surface area contributed by atoms with Crippen molar-refractivity contribution in [1.29, 1.82) is 0 Å². The lowest BCUT2D eigenvalue weighted by Crippen LogP contribution is -2.38. The van der Waals surface area contributed by atoms with Crippen molar-refractivity contribution in [2.24, 2.45) is 0 Å². The van der Waals surface area contributed by atoms with Gasteiger partial charge in [-0.15, -0.1) is 0 Å². The van der Waals surface area contributed by atoms with Crippen LogP contribution in [0, 0.1) is 17.0 Å². The van der Waals surface area contributed by atoms with Gasteiger partial charge < -0.3 is 28.8 Å². The van der Waals surface area contributed by atoms with Gasteiger partial charge in [-0.2, -0.15) is 0 Å². The molecule has 0 bridgehead atoms. The van der Waals surface area contributed by atoms with Crippen molar-refractivity contribution in [3.8, 4) is 28.8 Å². The molecular formula is C27H28N4O6. The van der Waals surface area contributed by atoms with E-state index in [-0.39, 0.29) is 25.0 Å². The molecule has 0 amide bonds. The van der Waals surface area contributed by atoms with Crippen molar-refractivity contribution in [1.82, 2.24) is 14.7 Å². The van der Waals surface area contributed by atoms with E-state index in [0.29, 0.717) is 29.7 Å². The number of aromatic nitrogens is 3. The van der Waals surface area contributed by atoms with E-state index in [9.17, 15) is 10.1 Å². The molecule has 0 saturated carbocycles. The van der Waals surface area contributed by atoms with Gasteiger partial charge in [0.2, 0.25) is 0 Å². The summed E-state index contributed by atoms with van der Waals surface area (Å²) in [5.41, 5.74) is 3.43. The first-order valence-electron chi connectivity index (χ1n) is 12.0. The van der Waals surface area contributed by atoms with Crippen LogP contribution in [0.3, 0.4) is 0 Å². The molecule has 2 aromatic heterocycles. The molecule has 0 fully saturated rings. The molecule has 0 aliphatic carbocycles. The van der Waals surface area contributed by atoms with Crippen LogP contribution in [0.15, 0.2) is 59.3 Å². The Hall–Kier alpha value is -4.34. The molecule has 4 aromatic rings. The van der Waals surface area contributed by atoms with Crippen molar-refractivity contribution < 1.29 is 23.7 Å². The Labute approximate surface area is 213 Å². The molecule has 5 rings (SSSR count). The Morgan fingerprint density at radius 1 is 1.14 bits per heavy atom. The van der Waals surface area contributed by atoms with Crippen LogP contribution in [-0.4, -0.2) is 31.8 Å². The standard InChI is InChI=1S/C27H28N4O6/c1-17(2)23-10-9-21(11-18(23)3)34-14-22-12-24(29-37-22)19-5-7-20(8-6-19)35-16-27(4)15-30-13-25(31(32)33)28-26(30)36-27/h5-13,17H,14-16H2,1-4H3/t27-/m1/s1. The maximum atomic E-state index is 10.9. The third-order valence-electron chi connectivity index (χ3n) is 6.25. The minimum absolute atomic E-state index is 0.224. The summed E-state index contributed by atoms with van der Waals surface area (Å²) >= 11 is 0. The third-order valence-corrected chi connectivity index (χ3v) is 6.25. The lowest BCUT2D eigenvalue weighted by molar-refractivity contribution is -0.389. The number of nitro groups is 1. The first-order chi connectivity index (χ1) is 17.7. The predicted octanol–water partition coefficient (Wildman–Crippen LogP) is 5.69. The number of aryl methyl sites for hydroxylation is 1. The number of hydrogen-bond donors (Lipinski definition) is 0. The summed E-state index contributed by atoms with van der Waals surface area (Å²) in [6.07, 6.45) is 1.37. The molecule has 1 aliphatic heterocycles. The van der Waals surface area contributed by atoms with Crippen molar-refractivity contribution in [2.45, 2.75) is 52.4 Å². The second kappa shape index (κ2) is 9.61. The second-order valence-electron chi connectivity index (χ2n) is 9.77. The van der Waals surface area contributed by atoms with Crippen molar-refractivity contribution in [2.75, 3.05) is 6.61 Å². The average molecular weight is 505 g/mol. The molecule has 10 heteroatoms. The zero-order chi connectivity index (χ0) is 26.2. The molecule has 0 spiro atoms. The summed E-state index contributed by atoms with van der Waals surface area (Å²) in [5, 5.41) is 15.0. The van der Waals surface area contributed by atoms with Crippen molar-refractivity contribution in [3.63, 3.8) is 0 Å². The molecular weight excluding hydrogens is 476 g/mol. The van der Waals surface area contributed by atoms with Crippen molar-refractivity contribution >= 4 is 5.82 Å². The van der Waals surface area contributed by atoms with E-state index in [1.165, 1.54) is 17.3 Å². The zero-order valence-corrected chi connectivity index (χ0v) is 21.1. The number of fused-ring (bicyclic) bond motifs is 1. The summed E-state index contributed by atoms with van der Waals surface area (Å²) in [6, 6.07) is 15.7. The first-order valence-corrected chi connectivity index (χ1v) is 12.0. The lowest BCUT2D eigenvalue weighted by Gasteiger charge is -2.22. The maximum absolute atomic E-state index is 10.9. The van der Waals surface area contributed by atoms with E-state index in [1.54, 1.807) is 4.57 Å². The fourth-order valence-electron chi connectivity index (χ4n) is 4.37. The quantitative estimate of drug-likeness (QED) is 0.211. The summed E-state index contributed by atoms with van der Waals surface area (Å²) < 4.78 is 24.7. The fourth-order valence-corrected chi connectivity index (χ4v) is 4.37. The van der Waals surface area contributed by atoms with Gasteiger partial charge in [-0.25, -0.2) is 0 Å². The van der Waals surface area contributed by atoms with Crippen LogP contribution < -0.4 is 14.2 Å². The lowest BCUT2D eigenvalue weighted by atomic mass is 9.98. The zero-order valence-electron chi connectivity index (χ0n) is 21.1. The van der Waals surface area contributed by atoms with E-state index in [0.717, 1.165) is 11.3 Å². The van der Waals surface area contributed by atoms with Crippen LogP contribution in [0.1, 0.15) is 43.6 Å². The Balaban J connectivity index is 1.15. The Kier molecular flexibility index (Phi) is 6.32. The number of hydrogen-bond acceptors (Lipinski definition) is 8. The highest BCUT2D eigenvalue weighted by atomic mass is 16.6. The molecule has 2 aromatic carbocycles. The largest absolute Gasteiger partial charge is 0.489 e. The molecule has 10 nitrogen and oxygen atoms in total. The van der Waals surface area contributed by atoms with Crippen LogP contribution in [0.5, 0.6) is 17.5 Å². The van der Waals surface area contributed by atoms with Gasteiger partial charge in [-0.05, 0) is 72.2 Å². The topological polar surface area (TPSA) is 115 Å². The van der Waals surface area contributed by atoms with E-state index in [1.807, 2.05) is 49.4 Å². The molecule has 192 valence electrons. The molecule has 0 saturated heterocycles. The van der Waals surface area contributed by atoms with Crippen LogP contribution in [0.2, 0.25) is 0 Å². The Morgan fingerprint density at radius 2 is 1.89 bits per heavy atom. The molecule has 0 unspecified atom stereocenters. The normalized spacial score (nSPS) is 16.5. The summed E-state index contributed by atoms with van der Waals surface area (Å²) in [5.74, 6) is 2.33. The number of rotatable bonds is 9. The highest BCUT2D eigenvalue weighted by molar-refractivity contribution is 5.59. The highest BCUT2D eigenvalue weighted by Gasteiger charge is 2.41. The molecule has 1 aliphatic rings.